The smallest absolute Gasteiger partial charge is 0.259 e. The van der Waals surface area contributed by atoms with Crippen molar-refractivity contribution in [2.75, 3.05) is 19.6 Å². The number of likely N-dealkylation sites (tertiary alicyclic amines) is 1. The fraction of sp³-hybridized carbons (Fsp3) is 0.480. The molecular formula is C25H31N5O2. The van der Waals surface area contributed by atoms with Gasteiger partial charge in [-0.05, 0) is 40.5 Å². The van der Waals surface area contributed by atoms with Gasteiger partial charge in [0.05, 0.1) is 28.9 Å². The summed E-state index contributed by atoms with van der Waals surface area (Å²) in [7, 11) is 0. The molecular weight excluding hydrogens is 402 g/mol. The first-order chi connectivity index (χ1) is 15.4. The maximum absolute atomic E-state index is 13.5. The van der Waals surface area contributed by atoms with E-state index in [1.165, 1.54) is 5.69 Å². The van der Waals surface area contributed by atoms with Crippen LogP contribution < -0.4 is 0 Å². The first-order valence-electron chi connectivity index (χ1n) is 11.5. The molecule has 1 atom stereocenters. The molecule has 168 valence electrons. The van der Waals surface area contributed by atoms with Crippen LogP contribution in [-0.2, 0) is 12.1 Å². The van der Waals surface area contributed by atoms with Gasteiger partial charge in [-0.15, -0.1) is 0 Å². The normalized spacial score (nSPS) is 21.3. The number of carbonyl (C=O) groups excluding carboxylic acids is 1. The quantitative estimate of drug-likeness (QED) is 0.624. The highest BCUT2D eigenvalue weighted by atomic mass is 16.5. The zero-order valence-electron chi connectivity index (χ0n) is 19.3. The van der Waals surface area contributed by atoms with Gasteiger partial charge in [-0.25, -0.2) is 4.98 Å². The molecule has 1 fully saturated rings. The van der Waals surface area contributed by atoms with Crippen molar-refractivity contribution in [3.05, 3.63) is 59.4 Å². The largest absolute Gasteiger partial charge is 0.361 e. The number of hydrogen-bond donors (Lipinski definition) is 0. The molecule has 7 heteroatoms. The highest BCUT2D eigenvalue weighted by Gasteiger charge is 2.45. The summed E-state index contributed by atoms with van der Waals surface area (Å²) >= 11 is 0. The molecule has 2 aliphatic rings. The Kier molecular flexibility index (Phi) is 5.16. The number of benzene rings is 1. The van der Waals surface area contributed by atoms with Crippen LogP contribution in [-0.4, -0.2) is 56.1 Å². The maximum atomic E-state index is 13.5. The SMILES string of the molecule is Cc1noc(C)c1C(=O)N1CCCC2(C1)CN(C(C)C)Cc1c(-c3ccccc3)ncn12. The monoisotopic (exact) mass is 433 g/mol. The van der Waals surface area contributed by atoms with Gasteiger partial charge in [-0.1, -0.05) is 35.5 Å². The van der Waals surface area contributed by atoms with Gasteiger partial charge in [0, 0.05) is 37.8 Å². The van der Waals surface area contributed by atoms with Gasteiger partial charge in [-0.3, -0.25) is 9.69 Å². The van der Waals surface area contributed by atoms with Crippen LogP contribution in [0, 0.1) is 13.8 Å². The Morgan fingerprint density at radius 1 is 1.16 bits per heavy atom. The van der Waals surface area contributed by atoms with Crippen molar-refractivity contribution in [1.29, 1.82) is 0 Å². The molecule has 0 saturated carbocycles. The molecule has 5 rings (SSSR count). The Morgan fingerprint density at radius 3 is 2.62 bits per heavy atom. The topological polar surface area (TPSA) is 67.4 Å². The fourth-order valence-corrected chi connectivity index (χ4v) is 5.40. The van der Waals surface area contributed by atoms with Gasteiger partial charge in [0.25, 0.3) is 5.91 Å². The van der Waals surface area contributed by atoms with E-state index in [1.807, 2.05) is 31.1 Å². The molecule has 2 aliphatic heterocycles. The minimum absolute atomic E-state index is 0.0203. The molecule has 1 unspecified atom stereocenters. The molecule has 1 spiro atoms. The summed E-state index contributed by atoms with van der Waals surface area (Å²) in [6, 6.07) is 10.8. The molecule has 0 radical (unpaired) electrons. The summed E-state index contributed by atoms with van der Waals surface area (Å²) < 4.78 is 7.66. The van der Waals surface area contributed by atoms with Crippen LogP contribution in [0.3, 0.4) is 0 Å². The Hall–Kier alpha value is -2.93. The summed E-state index contributed by atoms with van der Waals surface area (Å²) in [4.78, 5) is 22.9. The Labute approximate surface area is 189 Å². The van der Waals surface area contributed by atoms with E-state index in [0.717, 1.165) is 43.7 Å². The van der Waals surface area contributed by atoms with E-state index in [2.05, 4.69) is 52.7 Å². The first-order valence-corrected chi connectivity index (χ1v) is 11.5. The lowest BCUT2D eigenvalue weighted by Crippen LogP contribution is -2.60. The lowest BCUT2D eigenvalue weighted by Gasteiger charge is -2.50. The Morgan fingerprint density at radius 2 is 1.94 bits per heavy atom. The highest BCUT2D eigenvalue weighted by Crippen LogP contribution is 2.39. The average Bonchev–Trinajstić information content (AvgIpc) is 3.37. The van der Waals surface area contributed by atoms with Crippen molar-refractivity contribution < 1.29 is 9.32 Å². The molecule has 1 saturated heterocycles. The second kappa shape index (κ2) is 7.89. The van der Waals surface area contributed by atoms with E-state index in [1.54, 1.807) is 0 Å². The molecule has 0 N–H and O–H groups in total. The number of nitrogens with zero attached hydrogens (tertiary/aromatic N) is 5. The maximum Gasteiger partial charge on any atom is 0.259 e. The fourth-order valence-electron chi connectivity index (χ4n) is 5.40. The van der Waals surface area contributed by atoms with Gasteiger partial charge in [0.1, 0.15) is 11.3 Å². The van der Waals surface area contributed by atoms with E-state index in [9.17, 15) is 4.79 Å². The van der Waals surface area contributed by atoms with Crippen molar-refractivity contribution in [3.8, 4) is 11.3 Å². The van der Waals surface area contributed by atoms with Crippen molar-refractivity contribution in [2.45, 2.75) is 58.7 Å². The number of piperidine rings is 1. The molecule has 0 aliphatic carbocycles. The van der Waals surface area contributed by atoms with E-state index in [0.29, 0.717) is 29.6 Å². The van der Waals surface area contributed by atoms with Crippen LogP contribution >= 0.6 is 0 Å². The average molecular weight is 434 g/mol. The van der Waals surface area contributed by atoms with Crippen molar-refractivity contribution >= 4 is 5.91 Å². The molecule has 4 heterocycles. The van der Waals surface area contributed by atoms with Crippen LogP contribution in [0.5, 0.6) is 0 Å². The first kappa shape index (κ1) is 20.9. The minimum atomic E-state index is -0.190. The van der Waals surface area contributed by atoms with Crippen LogP contribution in [0.25, 0.3) is 11.3 Å². The van der Waals surface area contributed by atoms with Gasteiger partial charge < -0.3 is 14.0 Å². The predicted molar refractivity (Wildman–Crippen MR) is 122 cm³/mol. The molecule has 1 amide bonds. The predicted octanol–water partition coefficient (Wildman–Crippen LogP) is 4.01. The van der Waals surface area contributed by atoms with Gasteiger partial charge >= 0.3 is 0 Å². The Bertz CT molecular complexity index is 1110. The lowest BCUT2D eigenvalue weighted by molar-refractivity contribution is 0.0178. The number of rotatable bonds is 3. The zero-order chi connectivity index (χ0) is 22.5. The third-order valence-corrected chi connectivity index (χ3v) is 7.10. The number of carbonyl (C=O) groups is 1. The van der Waals surface area contributed by atoms with E-state index in [-0.39, 0.29) is 11.4 Å². The van der Waals surface area contributed by atoms with E-state index >= 15 is 0 Å². The number of aryl methyl sites for hydroxylation is 2. The van der Waals surface area contributed by atoms with Crippen molar-refractivity contribution in [1.82, 2.24) is 24.5 Å². The number of aromatic nitrogens is 3. The minimum Gasteiger partial charge on any atom is -0.361 e. The number of fused-ring (bicyclic) bond motifs is 2. The zero-order valence-corrected chi connectivity index (χ0v) is 19.3. The molecule has 0 bridgehead atoms. The molecule has 2 aromatic heterocycles. The number of amides is 1. The van der Waals surface area contributed by atoms with Crippen LogP contribution in [0.15, 0.2) is 41.2 Å². The van der Waals surface area contributed by atoms with Crippen LogP contribution in [0.2, 0.25) is 0 Å². The summed E-state index contributed by atoms with van der Waals surface area (Å²) in [6.45, 7) is 11.3. The van der Waals surface area contributed by atoms with Gasteiger partial charge in [0.2, 0.25) is 0 Å². The molecule has 7 nitrogen and oxygen atoms in total. The Balaban J connectivity index is 1.55. The van der Waals surface area contributed by atoms with Crippen molar-refractivity contribution in [2.24, 2.45) is 0 Å². The standard InChI is InChI=1S/C25H31N5O2/c1-17(2)29-13-21-23(20-9-6-5-7-10-20)26-16-30(21)25(15-29)11-8-12-28(14-25)24(31)22-18(3)27-32-19(22)4/h5-7,9-10,16-17H,8,11-15H2,1-4H3. The van der Waals surface area contributed by atoms with Crippen molar-refractivity contribution in [3.63, 3.8) is 0 Å². The summed E-state index contributed by atoms with van der Waals surface area (Å²) in [5.74, 6) is 0.612. The summed E-state index contributed by atoms with van der Waals surface area (Å²) in [5.41, 5.74) is 4.50. The molecule has 32 heavy (non-hydrogen) atoms. The highest BCUT2D eigenvalue weighted by molar-refractivity contribution is 5.96. The van der Waals surface area contributed by atoms with Crippen LogP contribution in [0.1, 0.15) is 54.2 Å². The summed E-state index contributed by atoms with van der Waals surface area (Å²) in [5, 5.41) is 4.00. The third-order valence-electron chi connectivity index (χ3n) is 7.10. The van der Waals surface area contributed by atoms with Crippen LogP contribution in [0.4, 0.5) is 0 Å². The van der Waals surface area contributed by atoms with E-state index in [4.69, 9.17) is 9.51 Å². The van der Waals surface area contributed by atoms with Gasteiger partial charge in [-0.2, -0.15) is 0 Å². The second-order valence-electron chi connectivity index (χ2n) is 9.53. The number of hydrogen-bond acceptors (Lipinski definition) is 5. The molecule has 3 aromatic rings. The third kappa shape index (κ3) is 3.35. The number of imidazole rings is 1. The van der Waals surface area contributed by atoms with Gasteiger partial charge in [0.15, 0.2) is 0 Å². The lowest BCUT2D eigenvalue weighted by atomic mass is 9.85. The summed E-state index contributed by atoms with van der Waals surface area (Å²) in [6.07, 6.45) is 3.98. The molecule has 1 aromatic carbocycles. The van der Waals surface area contributed by atoms with E-state index < -0.39 is 0 Å². The second-order valence-corrected chi connectivity index (χ2v) is 9.53.